The van der Waals surface area contributed by atoms with Gasteiger partial charge in [-0.05, 0) is 56.4 Å². The van der Waals surface area contributed by atoms with Crippen molar-refractivity contribution >= 4 is 29.1 Å². The lowest BCUT2D eigenvalue weighted by molar-refractivity contribution is -0.138. The number of likely N-dealkylation sites (tertiary alicyclic amines) is 1. The molecule has 0 spiro atoms. The van der Waals surface area contributed by atoms with Crippen LogP contribution in [0.15, 0.2) is 24.3 Å². The molecule has 0 radical (unpaired) electrons. The van der Waals surface area contributed by atoms with E-state index >= 15 is 0 Å². The quantitative estimate of drug-likeness (QED) is 0.759. The Bertz CT molecular complexity index is 585. The molecule has 1 atom stereocenters. The average molecular weight is 360 g/mol. The molecule has 1 saturated carbocycles. The van der Waals surface area contributed by atoms with Crippen LogP contribution in [0, 0.1) is 17.2 Å². The topological polar surface area (TPSA) is 29.5 Å². The van der Waals surface area contributed by atoms with E-state index in [2.05, 4.69) is 0 Å². The molecule has 0 N–H and O–H groups in total. The summed E-state index contributed by atoms with van der Waals surface area (Å²) >= 11 is 12.2. The van der Waals surface area contributed by atoms with Crippen molar-refractivity contribution in [1.29, 1.82) is 0 Å². The molecule has 1 heterocycles. The Morgan fingerprint density at radius 1 is 1.30 bits per heavy atom. The molecule has 2 fully saturated rings. The molecule has 1 unspecified atom stereocenters. The Kier molecular flexibility index (Phi) is 4.49. The Balaban J connectivity index is 1.45. The smallest absolute Gasteiger partial charge is 0.231 e. The van der Waals surface area contributed by atoms with Crippen LogP contribution >= 0.6 is 23.2 Å². The summed E-state index contributed by atoms with van der Waals surface area (Å²) in [6.45, 7) is 3.82. The lowest BCUT2D eigenvalue weighted by Gasteiger charge is -2.34. The minimum Gasteiger partial charge on any atom is -0.493 e. The second kappa shape index (κ2) is 6.14. The lowest BCUT2D eigenvalue weighted by Crippen LogP contribution is -2.44. The van der Waals surface area contributed by atoms with Gasteiger partial charge in [-0.15, -0.1) is 23.2 Å². The van der Waals surface area contributed by atoms with Crippen LogP contribution in [0.3, 0.4) is 0 Å². The predicted octanol–water partition coefficient (Wildman–Crippen LogP) is 4.03. The van der Waals surface area contributed by atoms with E-state index in [-0.39, 0.29) is 11.7 Å². The molecule has 1 aromatic rings. The standard InChI is InChI=1S/C17H20Cl2FNO2/c1-16(11-17(16,18)19)15(22)21-8-6-12(7-9-21)10-23-14-4-2-13(20)3-5-14/h2-5,12H,6-11H2,1H3. The number of carbonyl (C=O) groups excluding carboxylic acids is 1. The van der Waals surface area contributed by atoms with Crippen molar-refractivity contribution in [2.75, 3.05) is 19.7 Å². The summed E-state index contributed by atoms with van der Waals surface area (Å²) in [6.07, 6.45) is 2.30. The lowest BCUT2D eigenvalue weighted by atomic mass is 9.96. The second-order valence-electron chi connectivity index (χ2n) is 6.71. The number of rotatable bonds is 4. The van der Waals surface area contributed by atoms with Crippen LogP contribution < -0.4 is 4.74 Å². The first-order valence-corrected chi connectivity index (χ1v) is 8.63. The van der Waals surface area contributed by atoms with Crippen molar-refractivity contribution in [3.63, 3.8) is 0 Å². The molecule has 126 valence electrons. The summed E-state index contributed by atoms with van der Waals surface area (Å²) in [4.78, 5) is 14.4. The van der Waals surface area contributed by atoms with Gasteiger partial charge in [0.05, 0.1) is 12.0 Å². The second-order valence-corrected chi connectivity index (χ2v) is 8.20. The van der Waals surface area contributed by atoms with Crippen molar-refractivity contribution < 1.29 is 13.9 Å². The van der Waals surface area contributed by atoms with Crippen molar-refractivity contribution in [3.05, 3.63) is 30.1 Å². The average Bonchev–Trinajstić information content (AvgIpc) is 3.06. The maximum Gasteiger partial charge on any atom is 0.231 e. The van der Waals surface area contributed by atoms with Gasteiger partial charge in [-0.25, -0.2) is 4.39 Å². The molecule has 3 rings (SSSR count). The summed E-state index contributed by atoms with van der Waals surface area (Å²) in [5.41, 5.74) is -0.631. The first-order chi connectivity index (χ1) is 10.8. The number of amides is 1. The highest BCUT2D eigenvalue weighted by molar-refractivity contribution is 6.53. The summed E-state index contributed by atoms with van der Waals surface area (Å²) in [5, 5.41) is 0. The van der Waals surface area contributed by atoms with E-state index in [4.69, 9.17) is 27.9 Å². The predicted molar refractivity (Wildman–Crippen MR) is 88.4 cm³/mol. The number of hydrogen-bond donors (Lipinski definition) is 0. The van der Waals surface area contributed by atoms with Gasteiger partial charge >= 0.3 is 0 Å². The number of piperidine rings is 1. The van der Waals surface area contributed by atoms with E-state index in [9.17, 15) is 9.18 Å². The Labute approximate surface area is 145 Å². The van der Waals surface area contributed by atoms with Gasteiger partial charge in [-0.3, -0.25) is 4.79 Å². The third-order valence-electron chi connectivity index (χ3n) is 4.93. The summed E-state index contributed by atoms with van der Waals surface area (Å²) in [7, 11) is 0. The SMILES string of the molecule is CC1(C(=O)N2CCC(COc3ccc(F)cc3)CC2)CC1(Cl)Cl. The summed E-state index contributed by atoms with van der Waals surface area (Å²) in [5.74, 6) is 0.852. The number of hydrogen-bond acceptors (Lipinski definition) is 2. The first kappa shape index (κ1) is 16.8. The van der Waals surface area contributed by atoms with Gasteiger partial charge in [0, 0.05) is 13.1 Å². The maximum atomic E-state index is 12.8. The molecule has 2 aliphatic rings. The number of carbonyl (C=O) groups is 1. The van der Waals surface area contributed by atoms with Crippen molar-refractivity contribution in [2.24, 2.45) is 11.3 Å². The van der Waals surface area contributed by atoms with E-state index in [1.807, 2.05) is 11.8 Å². The zero-order valence-corrected chi connectivity index (χ0v) is 14.5. The van der Waals surface area contributed by atoms with Gasteiger partial charge in [0.15, 0.2) is 0 Å². The van der Waals surface area contributed by atoms with Crippen LogP contribution in [-0.4, -0.2) is 34.8 Å². The zero-order valence-electron chi connectivity index (χ0n) is 13.0. The fourth-order valence-electron chi connectivity index (χ4n) is 3.03. The normalized spacial score (nSPS) is 26.9. The van der Waals surface area contributed by atoms with E-state index in [1.165, 1.54) is 12.1 Å². The highest BCUT2D eigenvalue weighted by atomic mass is 35.5. The van der Waals surface area contributed by atoms with Crippen LogP contribution in [0.1, 0.15) is 26.2 Å². The Morgan fingerprint density at radius 3 is 2.39 bits per heavy atom. The molecular weight excluding hydrogens is 340 g/mol. The molecule has 6 heteroatoms. The Morgan fingerprint density at radius 2 is 1.87 bits per heavy atom. The number of ether oxygens (including phenoxy) is 1. The van der Waals surface area contributed by atoms with Gasteiger partial charge in [0.1, 0.15) is 15.9 Å². The van der Waals surface area contributed by atoms with Crippen LogP contribution in [0.5, 0.6) is 5.75 Å². The van der Waals surface area contributed by atoms with Gasteiger partial charge in [0.25, 0.3) is 0 Å². The fourth-order valence-corrected chi connectivity index (χ4v) is 3.72. The van der Waals surface area contributed by atoms with Gasteiger partial charge in [-0.2, -0.15) is 0 Å². The number of halogens is 3. The maximum absolute atomic E-state index is 12.8. The van der Waals surface area contributed by atoms with Crippen molar-refractivity contribution in [1.82, 2.24) is 4.90 Å². The third-order valence-corrected chi connectivity index (χ3v) is 6.03. The van der Waals surface area contributed by atoms with Crippen LogP contribution in [0.4, 0.5) is 4.39 Å². The van der Waals surface area contributed by atoms with Crippen LogP contribution in [0.2, 0.25) is 0 Å². The molecule has 3 nitrogen and oxygen atoms in total. The molecule has 1 aromatic carbocycles. The van der Waals surface area contributed by atoms with E-state index in [0.717, 1.165) is 12.8 Å². The van der Waals surface area contributed by atoms with Gasteiger partial charge in [0.2, 0.25) is 5.91 Å². The third kappa shape index (κ3) is 3.43. The van der Waals surface area contributed by atoms with E-state index in [0.29, 0.717) is 37.8 Å². The molecular formula is C17H20Cl2FNO2. The largest absolute Gasteiger partial charge is 0.493 e. The van der Waals surface area contributed by atoms with Crippen molar-refractivity contribution in [3.8, 4) is 5.75 Å². The van der Waals surface area contributed by atoms with Gasteiger partial charge in [-0.1, -0.05) is 0 Å². The minimum atomic E-state index is -0.910. The fraction of sp³-hybridized carbons (Fsp3) is 0.588. The highest BCUT2D eigenvalue weighted by Crippen LogP contribution is 2.64. The van der Waals surface area contributed by atoms with Crippen molar-refractivity contribution in [2.45, 2.75) is 30.5 Å². The number of alkyl halides is 2. The van der Waals surface area contributed by atoms with Gasteiger partial charge < -0.3 is 9.64 Å². The monoisotopic (exact) mass is 359 g/mol. The number of nitrogens with zero attached hydrogens (tertiary/aromatic N) is 1. The Hall–Kier alpha value is -1.00. The molecule has 1 aliphatic heterocycles. The van der Waals surface area contributed by atoms with Crippen LogP contribution in [0.25, 0.3) is 0 Å². The highest BCUT2D eigenvalue weighted by Gasteiger charge is 2.68. The molecule has 23 heavy (non-hydrogen) atoms. The number of benzene rings is 1. The zero-order chi connectivity index (χ0) is 16.7. The summed E-state index contributed by atoms with van der Waals surface area (Å²) in [6, 6.07) is 6.03. The molecule has 0 aromatic heterocycles. The molecule has 1 saturated heterocycles. The van der Waals surface area contributed by atoms with E-state index in [1.54, 1.807) is 12.1 Å². The molecule has 0 bridgehead atoms. The first-order valence-electron chi connectivity index (χ1n) is 7.87. The molecule has 1 aliphatic carbocycles. The minimum absolute atomic E-state index is 0.0559. The van der Waals surface area contributed by atoms with Crippen LogP contribution in [-0.2, 0) is 4.79 Å². The molecule has 1 amide bonds. The van der Waals surface area contributed by atoms with E-state index < -0.39 is 9.75 Å². The summed E-state index contributed by atoms with van der Waals surface area (Å²) < 4.78 is 17.6.